The molecule has 1 heteroatoms. The molecule has 1 heterocycles. The molecule has 0 aliphatic carbocycles. The summed E-state index contributed by atoms with van der Waals surface area (Å²) >= 11 is 1.79. The van der Waals surface area contributed by atoms with E-state index in [9.17, 15) is 0 Å². The molecular weight excluding hydrogens is 140 g/mol. The molecule has 1 aromatic heterocycles. The minimum Gasteiger partial charge on any atom is -0.144 e. The molecule has 1 aromatic rings. The number of hydrogen-bond acceptors (Lipinski definition) is 1. The van der Waals surface area contributed by atoms with Gasteiger partial charge in [-0.25, -0.2) is 0 Å². The van der Waals surface area contributed by atoms with Gasteiger partial charge in [0.25, 0.3) is 0 Å². The molecule has 54 valence electrons. The van der Waals surface area contributed by atoms with E-state index in [4.69, 9.17) is 0 Å². The van der Waals surface area contributed by atoms with Crippen LogP contribution < -0.4 is 0 Å². The fraction of sp³-hybridized carbons (Fsp3) is 0.333. The van der Waals surface area contributed by atoms with Gasteiger partial charge in [-0.05, 0) is 30.9 Å². The van der Waals surface area contributed by atoms with Crippen LogP contribution in [0.1, 0.15) is 25.1 Å². The lowest BCUT2D eigenvalue weighted by Gasteiger charge is -1.90. The largest absolute Gasteiger partial charge is 0.144 e. The maximum atomic E-state index is 2.24. The summed E-state index contributed by atoms with van der Waals surface area (Å²) in [4.78, 5) is 1.36. The van der Waals surface area contributed by atoms with Crippen LogP contribution >= 0.6 is 11.3 Å². The van der Waals surface area contributed by atoms with Crippen LogP contribution in [0.25, 0.3) is 6.08 Å². The second-order valence-electron chi connectivity index (χ2n) is 2.36. The Morgan fingerprint density at radius 3 is 3.00 bits per heavy atom. The zero-order valence-electron chi connectivity index (χ0n) is 6.42. The molecule has 0 bridgehead atoms. The standard InChI is InChI=1S/C9H12S/c1-3-8(2)7-9-5-4-6-10-9/h4-7H,3H2,1-2H3. The van der Waals surface area contributed by atoms with Gasteiger partial charge in [0.05, 0.1) is 0 Å². The second kappa shape index (κ2) is 3.57. The van der Waals surface area contributed by atoms with Crippen molar-refractivity contribution < 1.29 is 0 Å². The highest BCUT2D eigenvalue weighted by Crippen LogP contribution is 2.14. The van der Waals surface area contributed by atoms with Crippen molar-refractivity contribution in [3.8, 4) is 0 Å². The summed E-state index contributed by atoms with van der Waals surface area (Å²) in [7, 11) is 0. The monoisotopic (exact) mass is 152 g/mol. The van der Waals surface area contributed by atoms with Crippen LogP contribution in [0.4, 0.5) is 0 Å². The van der Waals surface area contributed by atoms with Gasteiger partial charge in [0.1, 0.15) is 0 Å². The van der Waals surface area contributed by atoms with Crippen LogP contribution in [0, 0.1) is 0 Å². The van der Waals surface area contributed by atoms with Crippen LogP contribution in [0.15, 0.2) is 23.1 Å². The van der Waals surface area contributed by atoms with Gasteiger partial charge in [-0.2, -0.15) is 0 Å². The number of thiophene rings is 1. The Balaban J connectivity index is 2.71. The van der Waals surface area contributed by atoms with Crippen molar-refractivity contribution in [1.29, 1.82) is 0 Å². The topological polar surface area (TPSA) is 0 Å². The van der Waals surface area contributed by atoms with Crippen LogP contribution in [0.5, 0.6) is 0 Å². The normalized spacial score (nSPS) is 12.0. The first kappa shape index (κ1) is 7.55. The summed E-state index contributed by atoms with van der Waals surface area (Å²) in [5, 5.41) is 2.11. The summed E-state index contributed by atoms with van der Waals surface area (Å²) in [6.45, 7) is 4.35. The molecule has 0 saturated carbocycles. The van der Waals surface area contributed by atoms with Gasteiger partial charge < -0.3 is 0 Å². The van der Waals surface area contributed by atoms with Crippen LogP contribution in [-0.2, 0) is 0 Å². The highest BCUT2D eigenvalue weighted by atomic mass is 32.1. The van der Waals surface area contributed by atoms with Gasteiger partial charge >= 0.3 is 0 Å². The maximum Gasteiger partial charge on any atom is 0.0269 e. The lowest BCUT2D eigenvalue weighted by molar-refractivity contribution is 1.11. The van der Waals surface area contributed by atoms with E-state index < -0.39 is 0 Å². The molecule has 0 aliphatic rings. The van der Waals surface area contributed by atoms with Crippen molar-refractivity contribution in [3.63, 3.8) is 0 Å². The average Bonchev–Trinajstić information content (AvgIpc) is 2.40. The predicted octanol–water partition coefficient (Wildman–Crippen LogP) is 3.56. The molecule has 10 heavy (non-hydrogen) atoms. The third-order valence-electron chi connectivity index (χ3n) is 1.49. The quantitative estimate of drug-likeness (QED) is 0.608. The number of rotatable bonds is 2. The average molecular weight is 152 g/mol. The zero-order chi connectivity index (χ0) is 7.40. The lowest BCUT2D eigenvalue weighted by atomic mass is 10.2. The second-order valence-corrected chi connectivity index (χ2v) is 3.34. The maximum absolute atomic E-state index is 2.24. The molecule has 0 aliphatic heterocycles. The first-order chi connectivity index (χ1) is 4.83. The molecular formula is C9H12S. The van der Waals surface area contributed by atoms with Gasteiger partial charge in [-0.1, -0.05) is 18.6 Å². The molecule has 1 rings (SSSR count). The van der Waals surface area contributed by atoms with Gasteiger partial charge in [0.2, 0.25) is 0 Å². The molecule has 0 amide bonds. The Morgan fingerprint density at radius 2 is 2.50 bits per heavy atom. The van der Waals surface area contributed by atoms with Crippen molar-refractivity contribution in [2.24, 2.45) is 0 Å². The van der Waals surface area contributed by atoms with E-state index in [1.165, 1.54) is 10.5 Å². The van der Waals surface area contributed by atoms with Gasteiger partial charge in [0, 0.05) is 4.88 Å². The summed E-state index contributed by atoms with van der Waals surface area (Å²) in [5.74, 6) is 0. The Kier molecular flexibility index (Phi) is 2.69. The predicted molar refractivity (Wildman–Crippen MR) is 48.3 cm³/mol. The Morgan fingerprint density at radius 1 is 1.70 bits per heavy atom. The van der Waals surface area contributed by atoms with Gasteiger partial charge in [-0.15, -0.1) is 11.3 Å². The van der Waals surface area contributed by atoms with E-state index in [0.29, 0.717) is 0 Å². The summed E-state index contributed by atoms with van der Waals surface area (Å²) in [6, 6.07) is 4.23. The SMILES string of the molecule is CCC(C)=Cc1cccs1. The number of hydrogen-bond donors (Lipinski definition) is 0. The molecule has 0 saturated heterocycles. The first-order valence-electron chi connectivity index (χ1n) is 3.53. The van der Waals surface area contributed by atoms with Crippen molar-refractivity contribution in [2.45, 2.75) is 20.3 Å². The van der Waals surface area contributed by atoms with Crippen molar-refractivity contribution in [1.82, 2.24) is 0 Å². The highest BCUT2D eigenvalue weighted by molar-refractivity contribution is 7.10. The number of allylic oxidation sites excluding steroid dienone is 1. The smallest absolute Gasteiger partial charge is 0.0269 e. The fourth-order valence-corrected chi connectivity index (χ4v) is 1.46. The fourth-order valence-electron chi connectivity index (χ4n) is 0.718. The van der Waals surface area contributed by atoms with E-state index in [1.54, 1.807) is 11.3 Å². The van der Waals surface area contributed by atoms with Crippen LogP contribution in [0.2, 0.25) is 0 Å². The molecule has 0 spiro atoms. The van der Waals surface area contributed by atoms with E-state index in [1.807, 2.05) is 0 Å². The van der Waals surface area contributed by atoms with Gasteiger partial charge in [0.15, 0.2) is 0 Å². The van der Waals surface area contributed by atoms with E-state index >= 15 is 0 Å². The Hall–Kier alpha value is -0.560. The molecule has 0 unspecified atom stereocenters. The van der Waals surface area contributed by atoms with Crippen molar-refractivity contribution >= 4 is 17.4 Å². The van der Waals surface area contributed by atoms with Crippen molar-refractivity contribution in [2.75, 3.05) is 0 Å². The molecule has 0 aromatic carbocycles. The van der Waals surface area contributed by atoms with Crippen molar-refractivity contribution in [3.05, 3.63) is 28.0 Å². The third kappa shape index (κ3) is 1.99. The molecule has 0 atom stereocenters. The first-order valence-corrected chi connectivity index (χ1v) is 4.41. The van der Waals surface area contributed by atoms with Gasteiger partial charge in [-0.3, -0.25) is 0 Å². The van der Waals surface area contributed by atoms with E-state index in [0.717, 1.165) is 6.42 Å². The molecule has 0 fully saturated rings. The Bertz CT molecular complexity index is 207. The lowest BCUT2D eigenvalue weighted by Crippen LogP contribution is -1.68. The summed E-state index contributed by atoms with van der Waals surface area (Å²) in [5.41, 5.74) is 1.45. The van der Waals surface area contributed by atoms with Crippen LogP contribution in [0.3, 0.4) is 0 Å². The van der Waals surface area contributed by atoms with Crippen LogP contribution in [-0.4, -0.2) is 0 Å². The highest BCUT2D eigenvalue weighted by Gasteiger charge is 1.87. The summed E-state index contributed by atoms with van der Waals surface area (Å²) < 4.78 is 0. The van der Waals surface area contributed by atoms with E-state index in [-0.39, 0.29) is 0 Å². The van der Waals surface area contributed by atoms with E-state index in [2.05, 4.69) is 37.4 Å². The Labute approximate surface area is 66.2 Å². The zero-order valence-corrected chi connectivity index (χ0v) is 7.24. The minimum atomic E-state index is 1.15. The molecule has 0 nitrogen and oxygen atoms in total. The molecule has 0 N–H and O–H groups in total. The minimum absolute atomic E-state index is 1.15. The summed E-state index contributed by atoms with van der Waals surface area (Å²) in [6.07, 6.45) is 3.39. The third-order valence-corrected chi connectivity index (χ3v) is 2.31. The molecule has 0 radical (unpaired) electrons.